The van der Waals surface area contributed by atoms with Crippen molar-refractivity contribution in [3.63, 3.8) is 0 Å². The Morgan fingerprint density at radius 1 is 1.18 bits per heavy atom. The van der Waals surface area contributed by atoms with Crippen LogP contribution in [0.2, 0.25) is 0 Å². The minimum absolute atomic E-state index is 0.353. The Morgan fingerprint density at radius 3 is 2.52 bits per heavy atom. The molecule has 33 heavy (non-hydrogen) atoms. The summed E-state index contributed by atoms with van der Waals surface area (Å²) in [5.41, 5.74) is 7.04. The SMILES string of the molecule is C=CCC[C@@H](C(=O)[C@]1(N)N=C(c2ccccc2)c2ccccc2N(C)C1=O)[C@@H](O)CCCC. The fourth-order valence-electron chi connectivity index (χ4n) is 4.29. The molecule has 0 fully saturated rings. The first-order valence-electron chi connectivity index (χ1n) is 11.5. The van der Waals surface area contributed by atoms with Crippen molar-refractivity contribution in [3.05, 3.63) is 78.4 Å². The molecule has 1 aliphatic rings. The van der Waals surface area contributed by atoms with Gasteiger partial charge in [-0.15, -0.1) is 6.58 Å². The summed E-state index contributed by atoms with van der Waals surface area (Å²) >= 11 is 0. The lowest BCUT2D eigenvalue weighted by Gasteiger charge is -2.31. The van der Waals surface area contributed by atoms with Crippen molar-refractivity contribution in [1.82, 2.24) is 0 Å². The zero-order valence-electron chi connectivity index (χ0n) is 19.4. The summed E-state index contributed by atoms with van der Waals surface area (Å²) in [6, 6.07) is 16.8. The highest BCUT2D eigenvalue weighted by Crippen LogP contribution is 2.32. The number of rotatable bonds is 10. The van der Waals surface area contributed by atoms with Gasteiger partial charge in [0.1, 0.15) is 0 Å². The summed E-state index contributed by atoms with van der Waals surface area (Å²) in [6.45, 7) is 5.76. The predicted molar refractivity (Wildman–Crippen MR) is 132 cm³/mol. The van der Waals surface area contributed by atoms with Crippen LogP contribution in [0.1, 0.15) is 50.2 Å². The van der Waals surface area contributed by atoms with Crippen molar-refractivity contribution in [2.45, 2.75) is 50.8 Å². The lowest BCUT2D eigenvalue weighted by Crippen LogP contribution is -2.61. The Hall–Kier alpha value is -3.09. The summed E-state index contributed by atoms with van der Waals surface area (Å²) in [5, 5.41) is 10.9. The van der Waals surface area contributed by atoms with Crippen LogP contribution in [0.3, 0.4) is 0 Å². The molecule has 2 aromatic carbocycles. The molecule has 3 atom stereocenters. The van der Waals surface area contributed by atoms with E-state index in [1.165, 1.54) is 4.90 Å². The van der Waals surface area contributed by atoms with E-state index in [1.807, 2.05) is 61.5 Å². The average molecular weight is 448 g/mol. The maximum absolute atomic E-state index is 13.9. The Labute approximate surface area is 195 Å². The summed E-state index contributed by atoms with van der Waals surface area (Å²) in [4.78, 5) is 33.6. The standard InChI is InChI=1S/C27H33N3O3/c1-4-6-15-21(23(31)18-7-5-2)25(32)27(28)26(33)30(3)22-17-12-11-16-20(22)24(29-27)19-13-9-8-10-14-19/h4,8-14,16-17,21,23,31H,1,5-7,15,18,28H2,2-3H3/t21-,23+,27+/m1/s1. The van der Waals surface area contributed by atoms with Crippen molar-refractivity contribution < 1.29 is 14.7 Å². The van der Waals surface area contributed by atoms with E-state index in [0.29, 0.717) is 36.2 Å². The number of aliphatic hydroxyl groups is 1. The molecule has 1 heterocycles. The van der Waals surface area contributed by atoms with E-state index in [2.05, 4.69) is 11.6 Å². The second-order valence-corrected chi connectivity index (χ2v) is 8.52. The largest absolute Gasteiger partial charge is 0.392 e. The first-order valence-corrected chi connectivity index (χ1v) is 11.5. The lowest BCUT2D eigenvalue weighted by molar-refractivity contribution is -0.139. The molecule has 6 heteroatoms. The van der Waals surface area contributed by atoms with E-state index in [0.717, 1.165) is 18.4 Å². The zero-order chi connectivity index (χ0) is 24.0. The van der Waals surface area contributed by atoms with Gasteiger partial charge in [0.25, 0.3) is 5.91 Å². The van der Waals surface area contributed by atoms with E-state index in [1.54, 1.807) is 13.1 Å². The highest BCUT2D eigenvalue weighted by atomic mass is 16.3. The monoisotopic (exact) mass is 447 g/mol. The van der Waals surface area contributed by atoms with Crippen LogP contribution in [-0.4, -0.2) is 41.3 Å². The summed E-state index contributed by atoms with van der Waals surface area (Å²) in [5.74, 6) is -2.00. The molecule has 0 aromatic heterocycles. The number of anilines is 1. The number of hydrogen-bond donors (Lipinski definition) is 2. The summed E-state index contributed by atoms with van der Waals surface area (Å²) < 4.78 is 0. The topological polar surface area (TPSA) is 96.0 Å². The Bertz CT molecular complexity index is 1030. The number of carbonyl (C=O) groups excluding carboxylic acids is 2. The van der Waals surface area contributed by atoms with Gasteiger partial charge in [-0.25, -0.2) is 4.99 Å². The van der Waals surface area contributed by atoms with Crippen LogP contribution < -0.4 is 10.6 Å². The number of allylic oxidation sites excluding steroid dienone is 1. The number of aliphatic imine (C=N–C) groups is 1. The van der Waals surface area contributed by atoms with Crippen molar-refractivity contribution in [1.29, 1.82) is 0 Å². The highest BCUT2D eigenvalue weighted by molar-refractivity contribution is 6.26. The quantitative estimate of drug-likeness (QED) is 0.427. The molecule has 2 aromatic rings. The molecule has 174 valence electrons. The first-order chi connectivity index (χ1) is 15.8. The number of unbranched alkanes of at least 4 members (excludes halogenated alkanes) is 1. The van der Waals surface area contributed by atoms with E-state index in [4.69, 9.17) is 5.73 Å². The van der Waals surface area contributed by atoms with E-state index >= 15 is 0 Å². The van der Waals surface area contributed by atoms with Gasteiger partial charge in [0, 0.05) is 24.1 Å². The fourth-order valence-corrected chi connectivity index (χ4v) is 4.29. The van der Waals surface area contributed by atoms with E-state index in [-0.39, 0.29) is 0 Å². The number of benzodiazepines with no additional fused rings is 1. The fraction of sp³-hybridized carbons (Fsp3) is 0.370. The molecule has 0 saturated heterocycles. The van der Waals surface area contributed by atoms with Gasteiger partial charge in [0.2, 0.25) is 5.66 Å². The van der Waals surface area contributed by atoms with E-state index < -0.39 is 29.4 Å². The van der Waals surface area contributed by atoms with Gasteiger partial charge < -0.3 is 10.0 Å². The molecule has 1 aliphatic heterocycles. The summed E-state index contributed by atoms with van der Waals surface area (Å²) in [7, 11) is 1.60. The molecule has 0 radical (unpaired) electrons. The van der Waals surface area contributed by atoms with Gasteiger partial charge in [-0.3, -0.25) is 15.3 Å². The third-order valence-corrected chi connectivity index (χ3v) is 6.20. The van der Waals surface area contributed by atoms with Gasteiger partial charge in [0.05, 0.1) is 17.5 Å². The number of fused-ring (bicyclic) bond motifs is 1. The normalized spacial score (nSPS) is 19.8. The van der Waals surface area contributed by atoms with Crippen LogP contribution in [0.4, 0.5) is 5.69 Å². The number of likely N-dealkylation sites (N-methyl/N-ethyl adjacent to an activating group) is 1. The Balaban J connectivity index is 2.16. The van der Waals surface area contributed by atoms with Gasteiger partial charge in [-0.1, -0.05) is 74.4 Å². The second-order valence-electron chi connectivity index (χ2n) is 8.52. The molecule has 3 rings (SSSR count). The smallest absolute Gasteiger partial charge is 0.277 e. The molecule has 6 nitrogen and oxygen atoms in total. The maximum Gasteiger partial charge on any atom is 0.277 e. The summed E-state index contributed by atoms with van der Waals surface area (Å²) in [6.07, 6.45) is 3.79. The zero-order valence-corrected chi connectivity index (χ0v) is 19.4. The van der Waals surface area contributed by atoms with Gasteiger partial charge >= 0.3 is 0 Å². The Morgan fingerprint density at radius 2 is 1.85 bits per heavy atom. The van der Waals surface area contributed by atoms with Crippen LogP contribution in [0.15, 0.2) is 72.2 Å². The van der Waals surface area contributed by atoms with E-state index in [9.17, 15) is 14.7 Å². The molecule has 0 spiro atoms. The van der Waals surface area contributed by atoms with Crippen molar-refractivity contribution in [2.24, 2.45) is 16.6 Å². The molecule has 1 amide bonds. The number of para-hydroxylation sites is 1. The number of nitrogens with two attached hydrogens (primary N) is 1. The maximum atomic E-state index is 13.9. The van der Waals surface area contributed by atoms with Crippen molar-refractivity contribution >= 4 is 23.1 Å². The number of nitrogens with zero attached hydrogens (tertiary/aromatic N) is 2. The van der Waals surface area contributed by atoms with Crippen LogP contribution in [0, 0.1) is 5.92 Å². The van der Waals surface area contributed by atoms with Gasteiger partial charge in [-0.05, 0) is 25.3 Å². The average Bonchev–Trinajstić information content (AvgIpc) is 2.93. The minimum Gasteiger partial charge on any atom is -0.392 e. The minimum atomic E-state index is -2.15. The molecule has 0 aliphatic carbocycles. The number of hydrogen-bond acceptors (Lipinski definition) is 5. The molecule has 0 unspecified atom stereocenters. The number of benzene rings is 2. The number of Topliss-reactive ketones (excluding diaryl/α,β-unsaturated/α-hetero) is 1. The number of carbonyl (C=O) groups is 2. The molecular formula is C27H33N3O3. The number of amides is 1. The van der Waals surface area contributed by atoms with Crippen molar-refractivity contribution in [2.75, 3.05) is 11.9 Å². The molecule has 0 saturated carbocycles. The first kappa shape index (κ1) is 24.6. The highest BCUT2D eigenvalue weighted by Gasteiger charge is 2.50. The third kappa shape index (κ3) is 4.97. The molecule has 3 N–H and O–H groups in total. The van der Waals surface area contributed by atoms with Crippen LogP contribution in [0.25, 0.3) is 0 Å². The molecular weight excluding hydrogens is 414 g/mol. The van der Waals surface area contributed by atoms with Crippen molar-refractivity contribution in [3.8, 4) is 0 Å². The third-order valence-electron chi connectivity index (χ3n) is 6.20. The number of ketones is 1. The van der Waals surface area contributed by atoms with Gasteiger partial charge in [0.15, 0.2) is 5.78 Å². The predicted octanol–water partition coefficient (Wildman–Crippen LogP) is 3.86. The number of aliphatic hydroxyl groups excluding tert-OH is 1. The molecule has 0 bridgehead atoms. The van der Waals surface area contributed by atoms with Crippen LogP contribution in [-0.2, 0) is 9.59 Å². The van der Waals surface area contributed by atoms with Crippen LogP contribution in [0.5, 0.6) is 0 Å². The Kier molecular flexibility index (Phi) is 7.95. The van der Waals surface area contributed by atoms with Crippen LogP contribution >= 0.6 is 0 Å². The second kappa shape index (κ2) is 10.7. The van der Waals surface area contributed by atoms with Gasteiger partial charge in [-0.2, -0.15) is 0 Å². The lowest BCUT2D eigenvalue weighted by atomic mass is 9.83.